The Kier molecular flexibility index (Phi) is 2.43. The van der Waals surface area contributed by atoms with Gasteiger partial charge in [0.05, 0.1) is 12.8 Å². The first-order valence-electron chi connectivity index (χ1n) is 7.17. The second kappa shape index (κ2) is 4.10. The highest BCUT2D eigenvalue weighted by atomic mass is 16.5. The van der Waals surface area contributed by atoms with Crippen LogP contribution in [-0.4, -0.2) is 35.4 Å². The number of amides is 1. The average Bonchev–Trinajstić information content (AvgIpc) is 3.06. The molecule has 1 aromatic heterocycles. The van der Waals surface area contributed by atoms with Crippen molar-refractivity contribution in [1.29, 1.82) is 0 Å². The number of methoxy groups -OCH3 is 1. The summed E-state index contributed by atoms with van der Waals surface area (Å²) in [5.74, 6) is -0.314. The number of benzene rings is 1. The topological polar surface area (TPSA) is 62.4 Å². The first kappa shape index (κ1) is 12.4. The number of aromatic amines is 1. The summed E-state index contributed by atoms with van der Waals surface area (Å²) in [4.78, 5) is 29.7. The van der Waals surface area contributed by atoms with Gasteiger partial charge >= 0.3 is 5.97 Å². The molecule has 21 heavy (non-hydrogen) atoms. The van der Waals surface area contributed by atoms with Gasteiger partial charge in [-0.2, -0.15) is 0 Å². The maximum Gasteiger partial charge on any atom is 0.338 e. The average molecular weight is 284 g/mol. The normalized spacial score (nSPS) is 24.0. The Morgan fingerprint density at radius 1 is 1.33 bits per heavy atom. The number of hydrogen-bond acceptors (Lipinski definition) is 3. The maximum absolute atomic E-state index is 12.5. The number of nitrogens with one attached hydrogen (secondary N) is 1. The number of fused-ring (bicyclic) bond motifs is 5. The van der Waals surface area contributed by atoms with E-state index in [9.17, 15) is 9.59 Å². The van der Waals surface area contributed by atoms with Crippen LogP contribution in [0.1, 0.15) is 24.1 Å². The number of H-pyrrole nitrogens is 1. The van der Waals surface area contributed by atoms with Crippen LogP contribution in [0.25, 0.3) is 10.9 Å². The molecule has 2 aliphatic rings. The largest absolute Gasteiger partial charge is 0.467 e. The van der Waals surface area contributed by atoms with Crippen molar-refractivity contribution in [3.05, 3.63) is 35.5 Å². The molecule has 1 N–H and O–H groups in total. The third kappa shape index (κ3) is 1.41. The lowest BCUT2D eigenvalue weighted by atomic mass is 9.84. The van der Waals surface area contributed by atoms with Crippen molar-refractivity contribution >= 4 is 22.8 Å². The van der Waals surface area contributed by atoms with Gasteiger partial charge in [-0.25, -0.2) is 4.79 Å². The first-order chi connectivity index (χ1) is 10.2. The second-order valence-corrected chi connectivity index (χ2v) is 5.67. The summed E-state index contributed by atoms with van der Waals surface area (Å²) in [7, 11) is 1.38. The molecule has 2 aromatic rings. The quantitative estimate of drug-likeness (QED) is 0.811. The monoisotopic (exact) mass is 284 g/mol. The molecular formula is C16H16N2O3. The third-order valence-electron chi connectivity index (χ3n) is 4.80. The zero-order valence-electron chi connectivity index (χ0n) is 11.8. The number of para-hydroxylation sites is 1. The maximum atomic E-state index is 12.5. The predicted molar refractivity (Wildman–Crippen MR) is 76.6 cm³/mol. The minimum Gasteiger partial charge on any atom is -0.467 e. The zero-order valence-corrected chi connectivity index (χ0v) is 11.8. The van der Waals surface area contributed by atoms with Gasteiger partial charge in [0.1, 0.15) is 0 Å². The van der Waals surface area contributed by atoms with E-state index in [4.69, 9.17) is 4.74 Å². The smallest absolute Gasteiger partial charge is 0.338 e. The van der Waals surface area contributed by atoms with E-state index in [0.29, 0.717) is 19.4 Å². The molecule has 1 saturated heterocycles. The predicted octanol–water partition coefficient (Wildman–Crippen LogP) is 1.71. The van der Waals surface area contributed by atoms with Crippen molar-refractivity contribution in [3.63, 3.8) is 0 Å². The van der Waals surface area contributed by atoms with Crippen molar-refractivity contribution in [2.75, 3.05) is 13.7 Å². The van der Waals surface area contributed by atoms with Crippen LogP contribution in [0.5, 0.6) is 0 Å². The molecule has 1 unspecified atom stereocenters. The van der Waals surface area contributed by atoms with Gasteiger partial charge in [-0.3, -0.25) is 4.79 Å². The number of hydrogen-bond donors (Lipinski definition) is 1. The molecule has 0 radical (unpaired) electrons. The molecule has 0 aliphatic carbocycles. The van der Waals surface area contributed by atoms with Crippen LogP contribution < -0.4 is 0 Å². The molecule has 108 valence electrons. The lowest BCUT2D eigenvalue weighted by Gasteiger charge is -2.39. The Labute approximate surface area is 121 Å². The zero-order chi connectivity index (χ0) is 14.6. The highest BCUT2D eigenvalue weighted by Gasteiger charge is 2.57. The van der Waals surface area contributed by atoms with E-state index in [2.05, 4.69) is 11.1 Å². The van der Waals surface area contributed by atoms with Crippen molar-refractivity contribution in [3.8, 4) is 0 Å². The van der Waals surface area contributed by atoms with Crippen molar-refractivity contribution in [1.82, 2.24) is 9.88 Å². The van der Waals surface area contributed by atoms with Gasteiger partial charge in [0.15, 0.2) is 5.54 Å². The summed E-state index contributed by atoms with van der Waals surface area (Å²) >= 11 is 0. The van der Waals surface area contributed by atoms with Gasteiger partial charge in [-0.15, -0.1) is 0 Å². The molecule has 1 amide bonds. The Balaban J connectivity index is 2.02. The van der Waals surface area contributed by atoms with Crippen LogP contribution in [0.3, 0.4) is 0 Å². The van der Waals surface area contributed by atoms with Crippen molar-refractivity contribution < 1.29 is 14.3 Å². The van der Waals surface area contributed by atoms with Crippen LogP contribution in [-0.2, 0) is 26.3 Å². The fraction of sp³-hybridized carbons (Fsp3) is 0.375. The summed E-state index contributed by atoms with van der Waals surface area (Å²) < 4.78 is 5.04. The Morgan fingerprint density at radius 3 is 2.95 bits per heavy atom. The minimum atomic E-state index is -0.960. The summed E-state index contributed by atoms with van der Waals surface area (Å²) in [6, 6.07) is 8.02. The van der Waals surface area contributed by atoms with E-state index in [1.54, 1.807) is 4.90 Å². The number of ether oxygens (including phenoxy) is 1. The molecule has 0 saturated carbocycles. The van der Waals surface area contributed by atoms with Gasteiger partial charge in [-0.05, 0) is 24.5 Å². The van der Waals surface area contributed by atoms with Crippen LogP contribution >= 0.6 is 0 Å². The Bertz CT molecular complexity index is 764. The Morgan fingerprint density at radius 2 is 2.14 bits per heavy atom. The lowest BCUT2D eigenvalue weighted by molar-refractivity contribution is -0.159. The molecular weight excluding hydrogens is 268 g/mol. The van der Waals surface area contributed by atoms with E-state index in [1.165, 1.54) is 7.11 Å². The molecule has 1 aromatic carbocycles. The molecule has 4 rings (SSSR count). The SMILES string of the molecule is COC(=O)C12CCC(=O)N1CCc1c2[nH]c2ccccc12. The van der Waals surface area contributed by atoms with Gasteiger partial charge in [0.25, 0.3) is 0 Å². The molecule has 2 aliphatic heterocycles. The van der Waals surface area contributed by atoms with Gasteiger partial charge < -0.3 is 14.6 Å². The molecule has 5 nitrogen and oxygen atoms in total. The van der Waals surface area contributed by atoms with E-state index in [-0.39, 0.29) is 11.9 Å². The number of aromatic nitrogens is 1. The summed E-state index contributed by atoms with van der Waals surface area (Å²) in [5.41, 5.74) is 2.03. The standard InChI is InChI=1S/C16H16N2O3/c1-21-15(20)16-8-6-13(19)18(16)9-7-11-10-4-2-3-5-12(10)17-14(11)16/h2-5,17H,6-9H2,1H3. The molecule has 1 atom stereocenters. The summed E-state index contributed by atoms with van der Waals surface area (Å²) in [6.07, 6.45) is 1.64. The van der Waals surface area contributed by atoms with Crippen molar-refractivity contribution in [2.24, 2.45) is 0 Å². The lowest BCUT2D eigenvalue weighted by Crippen LogP contribution is -2.53. The fourth-order valence-corrected chi connectivity index (χ4v) is 3.87. The number of rotatable bonds is 1. The summed E-state index contributed by atoms with van der Waals surface area (Å²) in [5, 5.41) is 1.13. The Hall–Kier alpha value is -2.30. The molecule has 0 bridgehead atoms. The highest BCUT2D eigenvalue weighted by molar-refractivity contribution is 5.96. The van der Waals surface area contributed by atoms with Gasteiger partial charge in [-0.1, -0.05) is 18.2 Å². The number of nitrogens with zero attached hydrogens (tertiary/aromatic N) is 1. The van der Waals surface area contributed by atoms with Gasteiger partial charge in [0.2, 0.25) is 5.91 Å². The highest BCUT2D eigenvalue weighted by Crippen LogP contribution is 2.46. The minimum absolute atomic E-state index is 0.0321. The van der Waals surface area contributed by atoms with E-state index in [1.807, 2.05) is 18.2 Å². The van der Waals surface area contributed by atoms with Crippen LogP contribution in [0.4, 0.5) is 0 Å². The van der Waals surface area contributed by atoms with E-state index >= 15 is 0 Å². The molecule has 0 spiro atoms. The van der Waals surface area contributed by atoms with Crippen LogP contribution in [0, 0.1) is 0 Å². The number of carbonyl (C=O) groups excluding carboxylic acids is 2. The molecule has 3 heterocycles. The number of carbonyl (C=O) groups is 2. The molecule has 5 heteroatoms. The third-order valence-corrected chi connectivity index (χ3v) is 4.80. The molecule has 1 fully saturated rings. The van der Waals surface area contributed by atoms with E-state index in [0.717, 1.165) is 28.6 Å². The van der Waals surface area contributed by atoms with Crippen molar-refractivity contribution in [2.45, 2.75) is 24.8 Å². The first-order valence-corrected chi connectivity index (χ1v) is 7.17. The second-order valence-electron chi connectivity index (χ2n) is 5.67. The van der Waals surface area contributed by atoms with Crippen LogP contribution in [0.15, 0.2) is 24.3 Å². The fourth-order valence-electron chi connectivity index (χ4n) is 3.87. The number of esters is 1. The van der Waals surface area contributed by atoms with Crippen LogP contribution in [0.2, 0.25) is 0 Å². The van der Waals surface area contributed by atoms with E-state index < -0.39 is 5.54 Å². The van der Waals surface area contributed by atoms with Gasteiger partial charge in [0, 0.05) is 23.9 Å². The summed E-state index contributed by atoms with van der Waals surface area (Å²) in [6.45, 7) is 0.572.